The van der Waals surface area contributed by atoms with Crippen LogP contribution in [-0.2, 0) is 28.7 Å². The second kappa shape index (κ2) is 8.36. The fourth-order valence-corrected chi connectivity index (χ4v) is 1.58. The van der Waals surface area contributed by atoms with E-state index >= 15 is 0 Å². The number of amides is 2. The van der Waals surface area contributed by atoms with Crippen LogP contribution in [0.15, 0.2) is 12.1 Å². The molecule has 0 aliphatic rings. The largest absolute Gasteiger partial charge is 0.459 e. The Morgan fingerprint density at radius 2 is 1.17 bits per heavy atom. The van der Waals surface area contributed by atoms with E-state index in [2.05, 4.69) is 20.1 Å². The molecule has 10 nitrogen and oxygen atoms in total. The minimum atomic E-state index is -1.12. The maximum absolute atomic E-state index is 11.7. The van der Waals surface area contributed by atoms with Crippen molar-refractivity contribution >= 4 is 46.5 Å². The van der Waals surface area contributed by atoms with E-state index in [9.17, 15) is 19.2 Å². The minimum absolute atomic E-state index is 0.0164. The molecular formula is C14H18N4O6. The lowest BCUT2D eigenvalue weighted by atomic mass is 10.2. The molecule has 1 rings (SSSR count). The second-order valence-electron chi connectivity index (χ2n) is 4.38. The molecule has 0 heterocycles. The molecule has 0 saturated carbocycles. The summed E-state index contributed by atoms with van der Waals surface area (Å²) >= 11 is 0. The van der Waals surface area contributed by atoms with Crippen molar-refractivity contribution in [3.05, 3.63) is 12.1 Å². The maximum atomic E-state index is 11.7. The van der Waals surface area contributed by atoms with Gasteiger partial charge < -0.3 is 31.6 Å². The fourth-order valence-electron chi connectivity index (χ4n) is 1.58. The van der Waals surface area contributed by atoms with Crippen LogP contribution in [0.2, 0.25) is 0 Å². The van der Waals surface area contributed by atoms with E-state index in [-0.39, 0.29) is 36.0 Å². The maximum Gasteiger partial charge on any atom is 0.397 e. The van der Waals surface area contributed by atoms with Crippen molar-refractivity contribution in [2.45, 2.75) is 13.8 Å². The third-order valence-electron chi connectivity index (χ3n) is 2.64. The SMILES string of the molecule is CCOC(=O)C(=O)Nc1cc(N)c(N)cc1NC(=O)C(=O)OCC. The van der Waals surface area contributed by atoms with Crippen LogP contribution in [0.3, 0.4) is 0 Å². The Kier molecular flexibility index (Phi) is 6.53. The molecule has 1 aromatic carbocycles. The van der Waals surface area contributed by atoms with Crippen LogP contribution in [0.25, 0.3) is 0 Å². The van der Waals surface area contributed by atoms with Gasteiger partial charge in [-0.05, 0) is 26.0 Å². The van der Waals surface area contributed by atoms with Gasteiger partial charge in [0.2, 0.25) is 0 Å². The van der Waals surface area contributed by atoms with Gasteiger partial charge in [-0.1, -0.05) is 0 Å². The molecule has 0 radical (unpaired) electrons. The number of benzene rings is 1. The highest BCUT2D eigenvalue weighted by molar-refractivity contribution is 6.39. The Hall–Kier alpha value is -3.30. The number of nitrogen functional groups attached to an aromatic ring is 2. The number of hydrogen-bond acceptors (Lipinski definition) is 8. The van der Waals surface area contributed by atoms with Gasteiger partial charge in [-0.2, -0.15) is 0 Å². The number of ether oxygens (including phenoxy) is 2. The number of carbonyl (C=O) groups is 4. The predicted octanol–water partition coefficient (Wildman–Crippen LogP) is -0.146. The summed E-state index contributed by atoms with van der Waals surface area (Å²) in [5.41, 5.74) is 11.4. The van der Waals surface area contributed by atoms with Crippen LogP contribution < -0.4 is 22.1 Å². The highest BCUT2D eigenvalue weighted by Gasteiger charge is 2.21. The van der Waals surface area contributed by atoms with E-state index in [0.717, 1.165) is 0 Å². The number of hydrogen-bond donors (Lipinski definition) is 4. The molecule has 2 amide bonds. The molecule has 130 valence electrons. The average Bonchev–Trinajstić information content (AvgIpc) is 2.52. The summed E-state index contributed by atoms with van der Waals surface area (Å²) in [5.74, 6) is -4.38. The molecule has 0 aromatic heterocycles. The van der Waals surface area contributed by atoms with E-state index in [1.165, 1.54) is 26.0 Å². The van der Waals surface area contributed by atoms with Crippen LogP contribution in [0.4, 0.5) is 22.7 Å². The lowest BCUT2D eigenvalue weighted by molar-refractivity contribution is -0.152. The molecule has 24 heavy (non-hydrogen) atoms. The Bertz CT molecular complexity index is 616. The zero-order valence-electron chi connectivity index (χ0n) is 13.2. The molecular weight excluding hydrogens is 320 g/mol. The van der Waals surface area contributed by atoms with Gasteiger partial charge in [0.25, 0.3) is 0 Å². The number of nitrogens with two attached hydrogens (primary N) is 2. The third kappa shape index (κ3) is 4.87. The zero-order valence-corrected chi connectivity index (χ0v) is 13.2. The summed E-state index contributed by atoms with van der Waals surface area (Å²) in [6.45, 7) is 3.11. The highest BCUT2D eigenvalue weighted by atomic mass is 16.5. The van der Waals surface area contributed by atoms with E-state index in [1.54, 1.807) is 0 Å². The summed E-state index contributed by atoms with van der Waals surface area (Å²) < 4.78 is 9.11. The van der Waals surface area contributed by atoms with E-state index in [0.29, 0.717) is 0 Å². The van der Waals surface area contributed by atoms with Crippen LogP contribution in [0.1, 0.15) is 13.8 Å². The molecule has 0 aliphatic heterocycles. The van der Waals surface area contributed by atoms with Crippen molar-refractivity contribution < 1.29 is 28.7 Å². The van der Waals surface area contributed by atoms with Gasteiger partial charge in [-0.3, -0.25) is 9.59 Å². The van der Waals surface area contributed by atoms with Crippen molar-refractivity contribution in [1.29, 1.82) is 0 Å². The van der Waals surface area contributed by atoms with Crippen molar-refractivity contribution in [3.8, 4) is 0 Å². The molecule has 0 unspecified atom stereocenters. The quantitative estimate of drug-likeness (QED) is 0.334. The molecule has 0 saturated heterocycles. The number of esters is 2. The average molecular weight is 338 g/mol. The minimum Gasteiger partial charge on any atom is -0.459 e. The van der Waals surface area contributed by atoms with Gasteiger partial charge in [-0.15, -0.1) is 0 Å². The monoisotopic (exact) mass is 338 g/mol. The molecule has 0 aliphatic carbocycles. The van der Waals surface area contributed by atoms with Gasteiger partial charge in [0.05, 0.1) is 36.0 Å². The summed E-state index contributed by atoms with van der Waals surface area (Å²) in [6, 6.07) is 2.46. The number of rotatable bonds is 4. The second-order valence-corrected chi connectivity index (χ2v) is 4.38. The molecule has 0 spiro atoms. The molecule has 0 bridgehead atoms. The van der Waals surface area contributed by atoms with Gasteiger partial charge >= 0.3 is 23.8 Å². The van der Waals surface area contributed by atoms with Gasteiger partial charge in [0.15, 0.2) is 0 Å². The number of nitrogens with one attached hydrogen (secondary N) is 2. The van der Waals surface area contributed by atoms with Crippen LogP contribution in [0.5, 0.6) is 0 Å². The predicted molar refractivity (Wildman–Crippen MR) is 85.8 cm³/mol. The standard InChI is InChI=1S/C14H18N4O6/c1-3-23-13(21)11(19)17-9-5-7(15)8(16)6-10(9)18-12(20)14(22)24-4-2/h5-6H,3-4,15-16H2,1-2H3,(H,17,19)(H,18,20). The normalized spacial score (nSPS) is 9.75. The summed E-state index contributed by atoms with van der Waals surface area (Å²) in [7, 11) is 0. The highest BCUT2D eigenvalue weighted by Crippen LogP contribution is 2.29. The molecule has 10 heteroatoms. The molecule has 0 atom stereocenters. The molecule has 6 N–H and O–H groups in total. The third-order valence-corrected chi connectivity index (χ3v) is 2.64. The molecule has 1 aromatic rings. The summed E-state index contributed by atoms with van der Waals surface area (Å²) in [6.07, 6.45) is 0. The Morgan fingerprint density at radius 3 is 1.46 bits per heavy atom. The van der Waals surface area contributed by atoms with E-state index in [1.807, 2.05) is 0 Å². The van der Waals surface area contributed by atoms with Crippen molar-refractivity contribution in [3.63, 3.8) is 0 Å². The van der Waals surface area contributed by atoms with Crippen molar-refractivity contribution in [2.24, 2.45) is 0 Å². The van der Waals surface area contributed by atoms with E-state index in [4.69, 9.17) is 11.5 Å². The lowest BCUT2D eigenvalue weighted by Gasteiger charge is -2.14. The first-order valence-corrected chi connectivity index (χ1v) is 6.95. The number of anilines is 4. The van der Waals surface area contributed by atoms with Gasteiger partial charge in [-0.25, -0.2) is 9.59 Å². The first-order chi connectivity index (χ1) is 11.3. The number of carbonyl (C=O) groups excluding carboxylic acids is 4. The topological polar surface area (TPSA) is 163 Å². The Labute approximate surface area is 137 Å². The fraction of sp³-hybridized carbons (Fsp3) is 0.286. The van der Waals surface area contributed by atoms with Crippen molar-refractivity contribution in [2.75, 3.05) is 35.3 Å². The Balaban J connectivity index is 3.04. The Morgan fingerprint density at radius 1 is 0.833 bits per heavy atom. The van der Waals surface area contributed by atoms with Crippen LogP contribution >= 0.6 is 0 Å². The van der Waals surface area contributed by atoms with Crippen LogP contribution in [0, 0.1) is 0 Å². The van der Waals surface area contributed by atoms with Crippen molar-refractivity contribution in [1.82, 2.24) is 0 Å². The first kappa shape index (κ1) is 18.7. The van der Waals surface area contributed by atoms with Crippen LogP contribution in [-0.4, -0.2) is 37.0 Å². The van der Waals surface area contributed by atoms with Gasteiger partial charge in [0.1, 0.15) is 0 Å². The summed E-state index contributed by atoms with van der Waals surface area (Å²) in [4.78, 5) is 46.2. The summed E-state index contributed by atoms with van der Waals surface area (Å²) in [5, 5.41) is 4.45. The smallest absolute Gasteiger partial charge is 0.397 e. The molecule has 0 fully saturated rings. The zero-order chi connectivity index (χ0) is 18.3. The first-order valence-electron chi connectivity index (χ1n) is 6.95. The lowest BCUT2D eigenvalue weighted by Crippen LogP contribution is -2.28. The van der Waals surface area contributed by atoms with Gasteiger partial charge in [0, 0.05) is 0 Å². The van der Waals surface area contributed by atoms with E-state index < -0.39 is 23.8 Å².